The standard InChI is InChI=1S/C22H23N3O2S/c1-24-11-13-25(14-12-24)22-23-21(26)20(28-22)15-18-9-5-6-10-19(18)27-16-17-7-3-2-4-8-17/h2-10,15H,11-14,16H2,1H3/p+1/b20-15+. The van der Waals surface area contributed by atoms with Crippen molar-refractivity contribution in [2.75, 3.05) is 33.2 Å². The van der Waals surface area contributed by atoms with Crippen molar-refractivity contribution < 1.29 is 14.4 Å². The van der Waals surface area contributed by atoms with Gasteiger partial charge in [-0.2, -0.15) is 4.99 Å². The maximum atomic E-state index is 12.4. The van der Waals surface area contributed by atoms with E-state index in [0.717, 1.165) is 48.2 Å². The number of nitrogens with one attached hydrogen (secondary N) is 1. The molecule has 1 amide bonds. The number of rotatable bonds is 4. The highest BCUT2D eigenvalue weighted by atomic mass is 32.2. The van der Waals surface area contributed by atoms with Crippen LogP contribution in [0.15, 0.2) is 64.5 Å². The Balaban J connectivity index is 1.46. The summed E-state index contributed by atoms with van der Waals surface area (Å²) in [6, 6.07) is 17.9. The second-order valence-corrected chi connectivity index (χ2v) is 8.08. The lowest BCUT2D eigenvalue weighted by Gasteiger charge is -2.30. The molecular formula is C22H24N3O2S+. The Kier molecular flexibility index (Phi) is 5.78. The first-order chi connectivity index (χ1) is 13.7. The van der Waals surface area contributed by atoms with Gasteiger partial charge in [0, 0.05) is 5.56 Å². The van der Waals surface area contributed by atoms with E-state index < -0.39 is 0 Å². The van der Waals surface area contributed by atoms with Crippen molar-refractivity contribution in [1.29, 1.82) is 0 Å². The maximum absolute atomic E-state index is 12.4. The lowest BCUT2D eigenvalue weighted by atomic mass is 10.2. The van der Waals surface area contributed by atoms with Gasteiger partial charge >= 0.3 is 0 Å². The van der Waals surface area contributed by atoms with Crippen LogP contribution in [0.5, 0.6) is 5.75 Å². The van der Waals surface area contributed by atoms with Crippen LogP contribution in [0.4, 0.5) is 0 Å². The molecule has 0 spiro atoms. The third-order valence-electron chi connectivity index (χ3n) is 4.94. The van der Waals surface area contributed by atoms with Crippen LogP contribution in [0.1, 0.15) is 11.1 Å². The number of nitrogens with zero attached hydrogens (tertiary/aromatic N) is 2. The Morgan fingerprint density at radius 3 is 2.61 bits per heavy atom. The Bertz CT molecular complexity index is 903. The minimum Gasteiger partial charge on any atom is -0.488 e. The van der Waals surface area contributed by atoms with Crippen LogP contribution in [0, 0.1) is 0 Å². The van der Waals surface area contributed by atoms with E-state index in [1.165, 1.54) is 16.7 Å². The molecule has 2 aliphatic rings. The number of quaternary nitrogens is 1. The fourth-order valence-corrected chi connectivity index (χ4v) is 4.18. The molecule has 0 saturated carbocycles. The molecule has 5 nitrogen and oxygen atoms in total. The van der Waals surface area contributed by atoms with Crippen LogP contribution in [0.2, 0.25) is 0 Å². The van der Waals surface area contributed by atoms with Gasteiger partial charge in [0.2, 0.25) is 0 Å². The molecule has 2 aromatic carbocycles. The van der Waals surface area contributed by atoms with Crippen molar-refractivity contribution in [3.8, 4) is 5.75 Å². The van der Waals surface area contributed by atoms with Crippen molar-refractivity contribution in [2.45, 2.75) is 6.61 Å². The maximum Gasteiger partial charge on any atom is 0.286 e. The average Bonchev–Trinajstić information content (AvgIpc) is 3.09. The molecule has 4 rings (SSSR count). The Labute approximate surface area is 169 Å². The molecule has 0 radical (unpaired) electrons. The minimum atomic E-state index is -0.163. The predicted octanol–water partition coefficient (Wildman–Crippen LogP) is 2.07. The lowest BCUT2D eigenvalue weighted by Crippen LogP contribution is -3.12. The summed E-state index contributed by atoms with van der Waals surface area (Å²) in [7, 11) is 2.20. The molecule has 28 heavy (non-hydrogen) atoms. The molecule has 0 bridgehead atoms. The lowest BCUT2D eigenvalue weighted by molar-refractivity contribution is -0.883. The van der Waals surface area contributed by atoms with Crippen LogP contribution in [0.3, 0.4) is 0 Å². The summed E-state index contributed by atoms with van der Waals surface area (Å²) in [6.07, 6.45) is 1.89. The van der Waals surface area contributed by atoms with Gasteiger partial charge in [0.25, 0.3) is 5.91 Å². The van der Waals surface area contributed by atoms with E-state index in [2.05, 4.69) is 16.9 Å². The van der Waals surface area contributed by atoms with Gasteiger partial charge < -0.3 is 14.5 Å². The van der Waals surface area contributed by atoms with E-state index in [1.807, 2.05) is 60.7 Å². The molecule has 1 saturated heterocycles. The number of amides is 1. The van der Waals surface area contributed by atoms with E-state index in [-0.39, 0.29) is 5.91 Å². The second kappa shape index (κ2) is 8.63. The number of carbonyl (C=O) groups excluding carboxylic acids is 1. The third-order valence-corrected chi connectivity index (χ3v) is 5.98. The average molecular weight is 395 g/mol. The zero-order valence-electron chi connectivity index (χ0n) is 15.9. The first-order valence-corrected chi connectivity index (χ1v) is 10.4. The molecule has 1 N–H and O–H groups in total. The van der Waals surface area contributed by atoms with E-state index in [0.29, 0.717) is 11.5 Å². The van der Waals surface area contributed by atoms with E-state index in [9.17, 15) is 4.79 Å². The monoisotopic (exact) mass is 394 g/mol. The van der Waals surface area contributed by atoms with Gasteiger partial charge in [0.05, 0.1) is 38.1 Å². The molecule has 0 unspecified atom stereocenters. The molecule has 0 atom stereocenters. The normalized spacial score (nSPS) is 19.2. The molecule has 144 valence electrons. The predicted molar refractivity (Wildman–Crippen MR) is 113 cm³/mol. The summed E-state index contributed by atoms with van der Waals surface area (Å²) in [5.74, 6) is 0.605. The largest absolute Gasteiger partial charge is 0.488 e. The highest BCUT2D eigenvalue weighted by Gasteiger charge is 2.29. The van der Waals surface area contributed by atoms with Crippen molar-refractivity contribution in [3.05, 3.63) is 70.6 Å². The summed E-state index contributed by atoms with van der Waals surface area (Å²) in [5, 5.41) is 0.825. The number of para-hydroxylation sites is 1. The highest BCUT2D eigenvalue weighted by Crippen LogP contribution is 2.32. The second-order valence-electron chi connectivity index (χ2n) is 7.07. The quantitative estimate of drug-likeness (QED) is 0.807. The first-order valence-electron chi connectivity index (χ1n) is 9.53. The van der Waals surface area contributed by atoms with Crippen molar-refractivity contribution in [1.82, 2.24) is 4.90 Å². The molecule has 2 aliphatic heterocycles. The van der Waals surface area contributed by atoms with Gasteiger partial charge in [-0.15, -0.1) is 0 Å². The van der Waals surface area contributed by atoms with Crippen molar-refractivity contribution in [3.63, 3.8) is 0 Å². The summed E-state index contributed by atoms with van der Waals surface area (Å²) in [6.45, 7) is 4.52. The molecule has 0 aromatic heterocycles. The van der Waals surface area contributed by atoms with E-state index in [4.69, 9.17) is 4.74 Å². The van der Waals surface area contributed by atoms with Gasteiger partial charge in [0.1, 0.15) is 12.4 Å². The molecule has 2 aromatic rings. The molecular weight excluding hydrogens is 370 g/mol. The molecule has 0 aliphatic carbocycles. The summed E-state index contributed by atoms with van der Waals surface area (Å²) < 4.78 is 6.01. The van der Waals surface area contributed by atoms with Gasteiger partial charge in [-0.25, -0.2) is 0 Å². The van der Waals surface area contributed by atoms with Gasteiger partial charge in [0.15, 0.2) is 5.17 Å². The highest BCUT2D eigenvalue weighted by molar-refractivity contribution is 8.18. The number of likely N-dealkylation sites (N-methyl/N-ethyl adjacent to an activating group) is 1. The van der Waals surface area contributed by atoms with Gasteiger partial charge in [-0.3, -0.25) is 4.79 Å². The Morgan fingerprint density at radius 2 is 1.82 bits per heavy atom. The van der Waals surface area contributed by atoms with Crippen LogP contribution in [-0.4, -0.2) is 49.2 Å². The summed E-state index contributed by atoms with van der Waals surface area (Å²) >= 11 is 1.47. The number of carbonyl (C=O) groups is 1. The summed E-state index contributed by atoms with van der Waals surface area (Å²) in [4.78, 5) is 21.1. The van der Waals surface area contributed by atoms with Crippen molar-refractivity contribution in [2.24, 2.45) is 4.99 Å². The van der Waals surface area contributed by atoms with Gasteiger partial charge in [-0.05, 0) is 29.5 Å². The number of piperazine rings is 1. The van der Waals surface area contributed by atoms with Gasteiger partial charge in [-0.1, -0.05) is 48.5 Å². The topological polar surface area (TPSA) is 46.3 Å². The SMILES string of the molecule is C[NH+]1CCN(C2=NC(=O)/C(=C\c3ccccc3OCc3ccccc3)S2)CC1. The number of amidine groups is 1. The van der Waals surface area contributed by atoms with E-state index in [1.54, 1.807) is 0 Å². The van der Waals surface area contributed by atoms with E-state index >= 15 is 0 Å². The number of thioether (sulfide) groups is 1. The van der Waals surface area contributed by atoms with Crippen LogP contribution < -0.4 is 9.64 Å². The minimum absolute atomic E-state index is 0.163. The molecule has 6 heteroatoms. The number of hydrogen-bond acceptors (Lipinski definition) is 4. The fourth-order valence-electron chi connectivity index (χ4n) is 3.22. The third kappa shape index (κ3) is 4.46. The van der Waals surface area contributed by atoms with Crippen molar-refractivity contribution >= 4 is 28.9 Å². The smallest absolute Gasteiger partial charge is 0.286 e. The van der Waals surface area contributed by atoms with Crippen LogP contribution >= 0.6 is 11.8 Å². The number of aliphatic imine (C=N–C) groups is 1. The zero-order valence-corrected chi connectivity index (χ0v) is 16.7. The van der Waals surface area contributed by atoms with Crippen LogP contribution in [-0.2, 0) is 11.4 Å². The molecule has 1 fully saturated rings. The Hall–Kier alpha value is -2.57. The Morgan fingerprint density at radius 1 is 1.11 bits per heavy atom. The number of hydrogen-bond donors (Lipinski definition) is 1. The zero-order chi connectivity index (χ0) is 19.3. The molecule has 2 heterocycles. The summed E-state index contributed by atoms with van der Waals surface area (Å²) in [5.41, 5.74) is 2.01. The fraction of sp³-hybridized carbons (Fsp3) is 0.273. The number of benzene rings is 2. The van der Waals surface area contributed by atoms with Crippen LogP contribution in [0.25, 0.3) is 6.08 Å². The number of ether oxygens (including phenoxy) is 1. The first kappa shape index (κ1) is 18.8.